The summed E-state index contributed by atoms with van der Waals surface area (Å²) in [5, 5.41) is 0.631. The van der Waals surface area contributed by atoms with Crippen LogP contribution in [-0.4, -0.2) is 74.7 Å². The zero-order valence-electron chi connectivity index (χ0n) is 17.0. The number of carbonyl (C=O) groups is 2. The van der Waals surface area contributed by atoms with E-state index in [1.807, 2.05) is 41.3 Å². The molecular formula is C22H25ClN4O3. The van der Waals surface area contributed by atoms with Crippen LogP contribution in [0, 0.1) is 0 Å². The van der Waals surface area contributed by atoms with Crippen molar-refractivity contribution in [1.29, 1.82) is 0 Å². The minimum Gasteiger partial charge on any atom is -0.497 e. The highest BCUT2D eigenvalue weighted by Gasteiger charge is 2.32. The minimum atomic E-state index is -0.137. The number of urea groups is 1. The second-order valence-corrected chi connectivity index (χ2v) is 7.83. The van der Waals surface area contributed by atoms with Gasteiger partial charge < -0.3 is 19.4 Å². The van der Waals surface area contributed by atoms with E-state index in [-0.39, 0.29) is 18.5 Å². The first-order valence-electron chi connectivity index (χ1n) is 10.0. The molecule has 0 aliphatic carbocycles. The van der Waals surface area contributed by atoms with E-state index < -0.39 is 0 Å². The molecule has 0 bridgehead atoms. The number of hydrogen-bond donors (Lipinski definition) is 0. The van der Waals surface area contributed by atoms with Crippen molar-refractivity contribution in [1.82, 2.24) is 9.80 Å². The van der Waals surface area contributed by atoms with Crippen LogP contribution in [0.5, 0.6) is 5.75 Å². The van der Waals surface area contributed by atoms with Crippen LogP contribution in [0.4, 0.5) is 16.2 Å². The Bertz CT molecular complexity index is 896. The summed E-state index contributed by atoms with van der Waals surface area (Å²) in [6, 6.07) is 15.0. The number of amides is 3. The summed E-state index contributed by atoms with van der Waals surface area (Å²) in [7, 11) is 1.65. The third-order valence-corrected chi connectivity index (χ3v) is 5.88. The van der Waals surface area contributed by atoms with Crippen LogP contribution in [0.2, 0.25) is 5.02 Å². The Labute approximate surface area is 181 Å². The zero-order valence-corrected chi connectivity index (χ0v) is 17.7. The smallest absolute Gasteiger partial charge is 0.325 e. The number of carbonyl (C=O) groups excluding carboxylic acids is 2. The van der Waals surface area contributed by atoms with Gasteiger partial charge in [0.25, 0.3) is 0 Å². The number of nitrogens with zero attached hydrogens (tertiary/aromatic N) is 4. The molecule has 0 radical (unpaired) electrons. The maximum atomic E-state index is 12.8. The van der Waals surface area contributed by atoms with Crippen LogP contribution in [-0.2, 0) is 4.79 Å². The highest BCUT2D eigenvalue weighted by atomic mass is 35.5. The SMILES string of the molecule is COc1ccc(N2CCN(C(=O)CN3CCN(c4ccc(Cl)cc4)C3=O)CC2)cc1. The number of anilines is 2. The maximum Gasteiger partial charge on any atom is 0.325 e. The second-order valence-electron chi connectivity index (χ2n) is 7.40. The van der Waals surface area contributed by atoms with Crippen LogP contribution in [0.25, 0.3) is 0 Å². The molecule has 4 rings (SSSR count). The summed E-state index contributed by atoms with van der Waals surface area (Å²) < 4.78 is 5.21. The monoisotopic (exact) mass is 428 g/mol. The van der Waals surface area contributed by atoms with Gasteiger partial charge in [0.15, 0.2) is 0 Å². The lowest BCUT2D eigenvalue weighted by Crippen LogP contribution is -2.51. The Hall–Kier alpha value is -2.93. The summed E-state index contributed by atoms with van der Waals surface area (Å²) in [4.78, 5) is 32.9. The fourth-order valence-electron chi connectivity index (χ4n) is 3.86. The Kier molecular flexibility index (Phi) is 5.99. The van der Waals surface area contributed by atoms with Crippen molar-refractivity contribution >= 4 is 34.9 Å². The summed E-state index contributed by atoms with van der Waals surface area (Å²) in [6.45, 7) is 4.05. The minimum absolute atomic E-state index is 0.00399. The molecule has 2 aromatic carbocycles. The molecule has 0 saturated carbocycles. The lowest BCUT2D eigenvalue weighted by atomic mass is 10.2. The molecule has 2 fully saturated rings. The van der Waals surface area contributed by atoms with Crippen molar-refractivity contribution in [2.75, 3.05) is 62.7 Å². The molecule has 0 N–H and O–H groups in total. The lowest BCUT2D eigenvalue weighted by molar-refractivity contribution is -0.131. The number of methoxy groups -OCH3 is 1. The van der Waals surface area contributed by atoms with Crippen LogP contribution in [0.3, 0.4) is 0 Å². The van der Waals surface area contributed by atoms with Crippen molar-refractivity contribution in [2.45, 2.75) is 0 Å². The maximum absolute atomic E-state index is 12.8. The Morgan fingerprint density at radius 2 is 1.53 bits per heavy atom. The molecule has 2 saturated heterocycles. The van der Waals surface area contributed by atoms with E-state index in [0.29, 0.717) is 31.2 Å². The normalized spacial score (nSPS) is 16.9. The van der Waals surface area contributed by atoms with Crippen LogP contribution < -0.4 is 14.5 Å². The van der Waals surface area contributed by atoms with E-state index in [1.165, 1.54) is 0 Å². The van der Waals surface area contributed by atoms with E-state index >= 15 is 0 Å². The summed E-state index contributed by atoms with van der Waals surface area (Å²) in [5.74, 6) is 0.825. The Balaban J connectivity index is 1.29. The third kappa shape index (κ3) is 4.31. The summed E-state index contributed by atoms with van der Waals surface area (Å²) >= 11 is 5.93. The molecule has 8 heteroatoms. The van der Waals surface area contributed by atoms with Gasteiger partial charge in [-0.25, -0.2) is 4.79 Å². The molecule has 0 spiro atoms. The average molecular weight is 429 g/mol. The molecule has 0 aromatic heterocycles. The van der Waals surface area contributed by atoms with Crippen molar-refractivity contribution in [2.24, 2.45) is 0 Å². The van der Waals surface area contributed by atoms with Gasteiger partial charge >= 0.3 is 6.03 Å². The molecule has 0 atom stereocenters. The molecular weight excluding hydrogens is 404 g/mol. The second kappa shape index (κ2) is 8.83. The molecule has 7 nitrogen and oxygen atoms in total. The van der Waals surface area contributed by atoms with Crippen LogP contribution in [0.15, 0.2) is 48.5 Å². The molecule has 2 aliphatic heterocycles. The number of hydrogen-bond acceptors (Lipinski definition) is 4. The highest BCUT2D eigenvalue weighted by Crippen LogP contribution is 2.23. The van der Waals surface area contributed by atoms with E-state index in [1.54, 1.807) is 29.0 Å². The van der Waals surface area contributed by atoms with Gasteiger partial charge in [0.1, 0.15) is 12.3 Å². The third-order valence-electron chi connectivity index (χ3n) is 5.63. The largest absolute Gasteiger partial charge is 0.497 e. The van der Waals surface area contributed by atoms with Gasteiger partial charge in [-0.05, 0) is 48.5 Å². The molecule has 158 valence electrons. The van der Waals surface area contributed by atoms with Crippen molar-refractivity contribution in [3.63, 3.8) is 0 Å². The number of ether oxygens (including phenoxy) is 1. The Morgan fingerprint density at radius 1 is 0.900 bits per heavy atom. The predicted molar refractivity (Wildman–Crippen MR) is 118 cm³/mol. The first-order chi connectivity index (χ1) is 14.5. The lowest BCUT2D eigenvalue weighted by Gasteiger charge is -2.36. The molecule has 30 heavy (non-hydrogen) atoms. The first kappa shape index (κ1) is 20.3. The van der Waals surface area contributed by atoms with Crippen LogP contribution in [0.1, 0.15) is 0 Å². The molecule has 2 aliphatic rings. The van der Waals surface area contributed by atoms with Gasteiger partial charge in [-0.2, -0.15) is 0 Å². The van der Waals surface area contributed by atoms with Crippen molar-refractivity contribution < 1.29 is 14.3 Å². The van der Waals surface area contributed by atoms with Crippen molar-refractivity contribution in [3.8, 4) is 5.75 Å². The number of piperazine rings is 1. The summed E-state index contributed by atoms with van der Waals surface area (Å²) in [5.41, 5.74) is 1.92. The topological polar surface area (TPSA) is 56.3 Å². The summed E-state index contributed by atoms with van der Waals surface area (Å²) in [6.07, 6.45) is 0. The fourth-order valence-corrected chi connectivity index (χ4v) is 3.99. The fraction of sp³-hybridized carbons (Fsp3) is 0.364. The standard InChI is InChI=1S/C22H25ClN4O3/c1-30-20-8-6-18(7-9-20)24-10-12-25(13-11-24)21(28)16-26-14-15-27(22(26)29)19-4-2-17(23)3-5-19/h2-9H,10-16H2,1H3. The van der Waals surface area contributed by atoms with E-state index in [2.05, 4.69) is 4.90 Å². The van der Waals surface area contributed by atoms with Crippen LogP contribution >= 0.6 is 11.6 Å². The van der Waals surface area contributed by atoms with Gasteiger partial charge in [0, 0.05) is 55.7 Å². The number of halogens is 1. The number of rotatable bonds is 5. The quantitative estimate of drug-likeness (QED) is 0.734. The van der Waals surface area contributed by atoms with E-state index in [4.69, 9.17) is 16.3 Å². The Morgan fingerprint density at radius 3 is 2.17 bits per heavy atom. The van der Waals surface area contributed by atoms with Crippen molar-refractivity contribution in [3.05, 3.63) is 53.6 Å². The van der Waals surface area contributed by atoms with E-state index in [0.717, 1.165) is 30.2 Å². The average Bonchev–Trinajstić information content (AvgIpc) is 3.14. The molecule has 3 amide bonds. The van der Waals surface area contributed by atoms with Gasteiger partial charge in [-0.15, -0.1) is 0 Å². The van der Waals surface area contributed by atoms with Gasteiger partial charge in [-0.3, -0.25) is 9.69 Å². The molecule has 0 unspecified atom stereocenters. The van der Waals surface area contributed by atoms with Gasteiger partial charge in [-0.1, -0.05) is 11.6 Å². The first-order valence-corrected chi connectivity index (χ1v) is 10.4. The highest BCUT2D eigenvalue weighted by molar-refractivity contribution is 6.30. The zero-order chi connectivity index (χ0) is 21.1. The van der Waals surface area contributed by atoms with Gasteiger partial charge in [0.05, 0.1) is 7.11 Å². The van der Waals surface area contributed by atoms with E-state index in [9.17, 15) is 9.59 Å². The molecule has 2 aromatic rings. The predicted octanol–water partition coefficient (Wildman–Crippen LogP) is 2.94. The number of benzene rings is 2. The van der Waals surface area contributed by atoms with Gasteiger partial charge in [0.2, 0.25) is 5.91 Å². The molecule has 2 heterocycles.